The van der Waals surface area contributed by atoms with E-state index < -0.39 is 11.4 Å². The Morgan fingerprint density at radius 3 is 2.62 bits per heavy atom. The van der Waals surface area contributed by atoms with Crippen molar-refractivity contribution in [2.45, 2.75) is 58.8 Å². The van der Waals surface area contributed by atoms with Crippen molar-refractivity contribution in [2.75, 3.05) is 13.2 Å². The van der Waals surface area contributed by atoms with E-state index in [1.165, 1.54) is 5.57 Å². The van der Waals surface area contributed by atoms with Crippen molar-refractivity contribution in [2.24, 2.45) is 22.7 Å². The van der Waals surface area contributed by atoms with Gasteiger partial charge in [0.15, 0.2) is 0 Å². The Kier molecular flexibility index (Phi) is 5.92. The van der Waals surface area contributed by atoms with Crippen LogP contribution in [0.5, 0.6) is 0 Å². The van der Waals surface area contributed by atoms with Gasteiger partial charge in [0.25, 0.3) is 0 Å². The van der Waals surface area contributed by atoms with Gasteiger partial charge in [0.1, 0.15) is 0 Å². The minimum Gasteiger partial charge on any atom is -0.481 e. The number of aliphatic hydroxyl groups excluding tert-OH is 2. The molecule has 0 spiro atoms. The largest absolute Gasteiger partial charge is 0.481 e. The molecular formula is C20H32O4. The Labute approximate surface area is 145 Å². The fourth-order valence-electron chi connectivity index (χ4n) is 5.44. The Hall–Kier alpha value is -1.13. The van der Waals surface area contributed by atoms with E-state index in [0.29, 0.717) is 0 Å². The van der Waals surface area contributed by atoms with Crippen molar-refractivity contribution >= 4 is 5.97 Å². The van der Waals surface area contributed by atoms with E-state index in [1.54, 1.807) is 6.08 Å². The fourth-order valence-corrected chi connectivity index (χ4v) is 5.44. The summed E-state index contributed by atoms with van der Waals surface area (Å²) in [5.74, 6) is -0.212. The first-order chi connectivity index (χ1) is 11.3. The lowest BCUT2D eigenvalue weighted by atomic mass is 9.46. The van der Waals surface area contributed by atoms with Crippen molar-refractivity contribution in [1.29, 1.82) is 0 Å². The first-order valence-corrected chi connectivity index (χ1v) is 9.10. The number of carboxylic acids is 1. The van der Waals surface area contributed by atoms with Gasteiger partial charge in [-0.25, -0.2) is 0 Å². The molecule has 4 unspecified atom stereocenters. The summed E-state index contributed by atoms with van der Waals surface area (Å²) in [6.45, 7) is 8.38. The van der Waals surface area contributed by atoms with Crippen LogP contribution in [0.2, 0.25) is 0 Å². The Bertz CT molecular complexity index is 524. The lowest BCUT2D eigenvalue weighted by Crippen LogP contribution is -2.53. The number of carboxylic acid groups (broad SMARTS) is 1. The molecular weight excluding hydrogens is 304 g/mol. The molecule has 2 aliphatic rings. The summed E-state index contributed by atoms with van der Waals surface area (Å²) in [6.07, 6.45) is 7.82. The maximum absolute atomic E-state index is 12.0. The summed E-state index contributed by atoms with van der Waals surface area (Å²) in [7, 11) is 0. The number of carbonyl (C=O) groups is 1. The van der Waals surface area contributed by atoms with E-state index in [1.807, 2.05) is 6.92 Å². The average Bonchev–Trinajstić information content (AvgIpc) is 2.52. The van der Waals surface area contributed by atoms with Gasteiger partial charge >= 0.3 is 5.97 Å². The van der Waals surface area contributed by atoms with Crippen LogP contribution in [-0.4, -0.2) is 34.5 Å². The summed E-state index contributed by atoms with van der Waals surface area (Å²) < 4.78 is 0. The van der Waals surface area contributed by atoms with E-state index in [-0.39, 0.29) is 30.5 Å². The molecule has 0 bridgehead atoms. The van der Waals surface area contributed by atoms with Gasteiger partial charge in [-0.1, -0.05) is 31.6 Å². The van der Waals surface area contributed by atoms with Crippen molar-refractivity contribution in [1.82, 2.24) is 0 Å². The summed E-state index contributed by atoms with van der Waals surface area (Å²) >= 11 is 0. The quantitative estimate of drug-likeness (QED) is 0.648. The number of aliphatic hydroxyl groups is 2. The molecule has 4 heteroatoms. The summed E-state index contributed by atoms with van der Waals surface area (Å²) in [5.41, 5.74) is 1.39. The van der Waals surface area contributed by atoms with Gasteiger partial charge in [-0.2, -0.15) is 0 Å². The molecule has 0 saturated heterocycles. The topological polar surface area (TPSA) is 77.8 Å². The van der Waals surface area contributed by atoms with Crippen molar-refractivity contribution in [3.8, 4) is 0 Å². The van der Waals surface area contributed by atoms with E-state index in [4.69, 9.17) is 5.11 Å². The molecule has 0 aromatic carbocycles. The maximum atomic E-state index is 12.0. The molecule has 4 atom stereocenters. The van der Waals surface area contributed by atoms with Crippen LogP contribution in [0.15, 0.2) is 23.8 Å². The molecule has 0 aromatic rings. The van der Waals surface area contributed by atoms with E-state index in [0.717, 1.165) is 50.5 Å². The molecule has 0 radical (unpaired) electrons. The fraction of sp³-hybridized carbons (Fsp3) is 0.750. The second-order valence-electron chi connectivity index (χ2n) is 8.13. The van der Waals surface area contributed by atoms with E-state index >= 15 is 0 Å². The minimum atomic E-state index is -0.666. The van der Waals surface area contributed by atoms with Gasteiger partial charge in [-0.15, -0.1) is 0 Å². The van der Waals surface area contributed by atoms with Crippen molar-refractivity contribution in [3.63, 3.8) is 0 Å². The highest BCUT2D eigenvalue weighted by molar-refractivity contribution is 5.75. The van der Waals surface area contributed by atoms with Gasteiger partial charge in [0, 0.05) is 0 Å². The third-order valence-corrected chi connectivity index (χ3v) is 6.85. The molecule has 2 fully saturated rings. The number of allylic oxidation sites excluding steroid dienone is 1. The Morgan fingerprint density at radius 1 is 1.33 bits per heavy atom. The SMILES string of the molecule is C=C1CCC2C(C)(C(=O)O)CCCC2(C)C1CC/C(=C\CO)CO. The molecule has 0 amide bonds. The number of rotatable bonds is 6. The molecule has 2 rings (SSSR count). The number of fused-ring (bicyclic) bond motifs is 1. The van der Waals surface area contributed by atoms with Gasteiger partial charge < -0.3 is 15.3 Å². The minimum absolute atomic E-state index is 0.0350. The highest BCUT2D eigenvalue weighted by atomic mass is 16.4. The van der Waals surface area contributed by atoms with Crippen LogP contribution in [0.1, 0.15) is 58.8 Å². The second kappa shape index (κ2) is 7.40. The average molecular weight is 336 g/mol. The lowest BCUT2D eigenvalue weighted by molar-refractivity contribution is -0.164. The molecule has 24 heavy (non-hydrogen) atoms. The first kappa shape index (κ1) is 19.2. The van der Waals surface area contributed by atoms with Crippen LogP contribution in [0.25, 0.3) is 0 Å². The lowest BCUT2D eigenvalue weighted by Gasteiger charge is -2.57. The predicted molar refractivity (Wildman–Crippen MR) is 94.5 cm³/mol. The van der Waals surface area contributed by atoms with Gasteiger partial charge in [0.05, 0.1) is 18.6 Å². The molecule has 2 saturated carbocycles. The van der Waals surface area contributed by atoms with E-state index in [9.17, 15) is 15.0 Å². The van der Waals surface area contributed by atoms with Gasteiger partial charge in [-0.3, -0.25) is 4.79 Å². The third kappa shape index (κ3) is 3.31. The van der Waals surface area contributed by atoms with Crippen LogP contribution in [-0.2, 0) is 4.79 Å². The number of aliphatic carboxylic acids is 1. The molecule has 0 aliphatic heterocycles. The highest BCUT2D eigenvalue weighted by Gasteiger charge is 2.57. The first-order valence-electron chi connectivity index (χ1n) is 9.10. The standard InChI is InChI=1S/C20H32O4/c1-14-5-8-17-19(2,10-4-11-20(17,3)18(23)24)16(14)7-6-15(13-22)9-12-21/h9,16-17,21-22H,1,4-8,10-13H2,2-3H3,(H,23,24)/b15-9+. The molecule has 3 N–H and O–H groups in total. The summed E-state index contributed by atoms with van der Waals surface area (Å²) in [5, 5.41) is 28.3. The highest BCUT2D eigenvalue weighted by Crippen LogP contribution is 2.62. The molecule has 136 valence electrons. The third-order valence-electron chi connectivity index (χ3n) is 6.85. The zero-order valence-corrected chi connectivity index (χ0v) is 15.1. The van der Waals surface area contributed by atoms with Crippen LogP contribution < -0.4 is 0 Å². The van der Waals surface area contributed by atoms with Gasteiger partial charge in [-0.05, 0) is 68.3 Å². The molecule has 4 nitrogen and oxygen atoms in total. The summed E-state index contributed by atoms with van der Waals surface area (Å²) in [6, 6.07) is 0. The number of hydrogen-bond donors (Lipinski definition) is 3. The van der Waals surface area contributed by atoms with Crippen LogP contribution in [0.4, 0.5) is 0 Å². The van der Waals surface area contributed by atoms with Crippen molar-refractivity contribution in [3.05, 3.63) is 23.8 Å². The van der Waals surface area contributed by atoms with E-state index in [2.05, 4.69) is 13.5 Å². The normalized spacial score (nSPS) is 37.2. The van der Waals surface area contributed by atoms with Crippen LogP contribution >= 0.6 is 0 Å². The number of hydrogen-bond acceptors (Lipinski definition) is 3. The van der Waals surface area contributed by atoms with Crippen LogP contribution in [0, 0.1) is 22.7 Å². The molecule has 0 heterocycles. The second-order valence-corrected chi connectivity index (χ2v) is 8.13. The maximum Gasteiger partial charge on any atom is 0.309 e. The molecule has 2 aliphatic carbocycles. The summed E-state index contributed by atoms with van der Waals surface area (Å²) in [4.78, 5) is 12.0. The van der Waals surface area contributed by atoms with Gasteiger partial charge in [0.2, 0.25) is 0 Å². The Morgan fingerprint density at radius 2 is 2.04 bits per heavy atom. The smallest absolute Gasteiger partial charge is 0.309 e. The molecule has 0 aromatic heterocycles. The Balaban J connectivity index is 2.25. The predicted octanol–water partition coefficient (Wildman–Crippen LogP) is 3.54. The van der Waals surface area contributed by atoms with Crippen LogP contribution in [0.3, 0.4) is 0 Å². The zero-order valence-electron chi connectivity index (χ0n) is 15.1. The monoisotopic (exact) mass is 336 g/mol. The zero-order chi connectivity index (χ0) is 18.0. The van der Waals surface area contributed by atoms with Crippen molar-refractivity contribution < 1.29 is 20.1 Å².